The first-order valence-electron chi connectivity index (χ1n) is 6.57. The second kappa shape index (κ2) is 5.08. The second-order valence-electron chi connectivity index (χ2n) is 5.04. The molecule has 4 heteroatoms. The van der Waals surface area contributed by atoms with E-state index in [9.17, 15) is 0 Å². The highest BCUT2D eigenvalue weighted by Crippen LogP contribution is 2.36. The van der Waals surface area contributed by atoms with E-state index in [0.29, 0.717) is 12.1 Å². The second-order valence-corrected chi connectivity index (χ2v) is 5.45. The fraction of sp³-hybridized carbons (Fsp3) is 0.571. The third-order valence-corrected chi connectivity index (χ3v) is 4.29. The van der Waals surface area contributed by atoms with Crippen LogP contribution in [0.2, 0.25) is 5.02 Å². The number of rotatable bonds is 2. The van der Waals surface area contributed by atoms with Gasteiger partial charge in [0, 0.05) is 6.54 Å². The van der Waals surface area contributed by atoms with Crippen molar-refractivity contribution < 1.29 is 9.84 Å². The van der Waals surface area contributed by atoms with Crippen molar-refractivity contribution in [2.24, 2.45) is 0 Å². The lowest BCUT2D eigenvalue weighted by atomic mass is 10.1. The molecule has 2 atom stereocenters. The van der Waals surface area contributed by atoms with E-state index in [4.69, 9.17) is 21.4 Å². The van der Waals surface area contributed by atoms with Crippen molar-refractivity contribution in [2.75, 3.05) is 18.1 Å². The number of benzene rings is 1. The average Bonchev–Trinajstić information content (AvgIpc) is 2.87. The zero-order chi connectivity index (χ0) is 12.5. The van der Waals surface area contributed by atoms with Gasteiger partial charge in [0.25, 0.3) is 0 Å². The number of morpholine rings is 1. The van der Waals surface area contributed by atoms with Gasteiger partial charge in [0.15, 0.2) is 0 Å². The summed E-state index contributed by atoms with van der Waals surface area (Å²) in [4.78, 5) is 2.38. The molecule has 1 heterocycles. The van der Waals surface area contributed by atoms with Crippen molar-refractivity contribution in [3.8, 4) is 0 Å². The molecule has 0 radical (unpaired) electrons. The van der Waals surface area contributed by atoms with Gasteiger partial charge in [0.1, 0.15) is 0 Å². The van der Waals surface area contributed by atoms with Crippen molar-refractivity contribution in [2.45, 2.75) is 38.0 Å². The summed E-state index contributed by atoms with van der Waals surface area (Å²) in [6, 6.07) is 6.29. The highest BCUT2D eigenvalue weighted by atomic mass is 35.5. The third-order valence-electron chi connectivity index (χ3n) is 3.99. The van der Waals surface area contributed by atoms with Crippen LogP contribution < -0.4 is 4.90 Å². The van der Waals surface area contributed by atoms with Gasteiger partial charge in [0.2, 0.25) is 0 Å². The molecule has 0 bridgehead atoms. The van der Waals surface area contributed by atoms with Crippen LogP contribution in [0, 0.1) is 0 Å². The molecule has 0 spiro atoms. The molecular weight excluding hydrogens is 250 g/mol. The van der Waals surface area contributed by atoms with E-state index in [1.54, 1.807) is 0 Å². The minimum atomic E-state index is 0.0369. The number of ether oxygens (including phenoxy) is 1. The fourth-order valence-corrected chi connectivity index (χ4v) is 3.42. The normalized spacial score (nSPS) is 27.3. The quantitative estimate of drug-likeness (QED) is 0.894. The Balaban J connectivity index is 1.89. The molecule has 1 saturated heterocycles. The van der Waals surface area contributed by atoms with E-state index >= 15 is 0 Å². The number of halogens is 1. The maximum Gasteiger partial charge on any atom is 0.0779 e. The first-order valence-corrected chi connectivity index (χ1v) is 6.95. The summed E-state index contributed by atoms with van der Waals surface area (Å²) in [6.45, 7) is 1.72. The van der Waals surface area contributed by atoms with Gasteiger partial charge in [-0.15, -0.1) is 0 Å². The number of hydrogen-bond acceptors (Lipinski definition) is 3. The predicted octanol–water partition coefficient (Wildman–Crippen LogP) is 2.59. The van der Waals surface area contributed by atoms with Crippen LogP contribution in [0.4, 0.5) is 5.69 Å². The highest BCUT2D eigenvalue weighted by Gasteiger charge is 2.36. The van der Waals surface area contributed by atoms with Crippen molar-refractivity contribution >= 4 is 17.3 Å². The largest absolute Gasteiger partial charge is 0.392 e. The molecule has 2 aliphatic rings. The smallest absolute Gasteiger partial charge is 0.0779 e. The molecule has 3 nitrogen and oxygen atoms in total. The average molecular weight is 268 g/mol. The highest BCUT2D eigenvalue weighted by molar-refractivity contribution is 6.33. The van der Waals surface area contributed by atoms with Crippen LogP contribution in [0.3, 0.4) is 0 Å². The molecule has 2 fully saturated rings. The van der Waals surface area contributed by atoms with E-state index < -0.39 is 0 Å². The van der Waals surface area contributed by atoms with E-state index in [1.807, 2.05) is 18.2 Å². The van der Waals surface area contributed by atoms with Crippen molar-refractivity contribution in [1.82, 2.24) is 0 Å². The van der Waals surface area contributed by atoms with Gasteiger partial charge in [-0.3, -0.25) is 0 Å². The molecule has 1 N–H and O–H groups in total. The zero-order valence-electron chi connectivity index (χ0n) is 10.3. The van der Waals surface area contributed by atoms with Crippen LogP contribution in [-0.4, -0.2) is 30.4 Å². The molecule has 0 aromatic heterocycles. The summed E-state index contributed by atoms with van der Waals surface area (Å²) >= 11 is 6.34. The lowest BCUT2D eigenvalue weighted by molar-refractivity contribution is 0.0256. The minimum absolute atomic E-state index is 0.0369. The molecule has 1 saturated carbocycles. The van der Waals surface area contributed by atoms with Crippen LogP contribution in [-0.2, 0) is 11.3 Å². The number of nitrogens with zero attached hydrogens (tertiary/aromatic N) is 1. The summed E-state index contributed by atoms with van der Waals surface area (Å²) in [5.74, 6) is 0. The van der Waals surface area contributed by atoms with Crippen LogP contribution in [0.25, 0.3) is 0 Å². The zero-order valence-corrected chi connectivity index (χ0v) is 11.1. The van der Waals surface area contributed by atoms with E-state index in [0.717, 1.165) is 35.8 Å². The summed E-state index contributed by atoms with van der Waals surface area (Å²) < 4.78 is 5.81. The summed E-state index contributed by atoms with van der Waals surface area (Å²) in [7, 11) is 0. The van der Waals surface area contributed by atoms with Crippen LogP contribution >= 0.6 is 11.6 Å². The Hall–Kier alpha value is -0.770. The number of aliphatic hydroxyl groups is 1. The van der Waals surface area contributed by atoms with Gasteiger partial charge in [-0.1, -0.05) is 17.7 Å². The van der Waals surface area contributed by atoms with Gasteiger partial charge in [0.05, 0.1) is 36.1 Å². The van der Waals surface area contributed by atoms with Crippen LogP contribution in [0.5, 0.6) is 0 Å². The molecule has 1 aliphatic carbocycles. The third kappa shape index (κ3) is 2.11. The van der Waals surface area contributed by atoms with Gasteiger partial charge in [-0.25, -0.2) is 0 Å². The predicted molar refractivity (Wildman–Crippen MR) is 72.1 cm³/mol. The van der Waals surface area contributed by atoms with Gasteiger partial charge < -0.3 is 14.7 Å². The Morgan fingerprint density at radius 1 is 1.39 bits per heavy atom. The summed E-state index contributed by atoms with van der Waals surface area (Å²) in [5.41, 5.74) is 1.94. The van der Waals surface area contributed by atoms with Gasteiger partial charge >= 0.3 is 0 Å². The molecule has 1 aliphatic heterocycles. The van der Waals surface area contributed by atoms with Crippen LogP contribution in [0.1, 0.15) is 24.8 Å². The van der Waals surface area contributed by atoms with Crippen LogP contribution in [0.15, 0.2) is 18.2 Å². The number of fused-ring (bicyclic) bond motifs is 1. The molecule has 2 unspecified atom stereocenters. The van der Waals surface area contributed by atoms with E-state index in [1.165, 1.54) is 12.8 Å². The summed E-state index contributed by atoms with van der Waals surface area (Å²) in [5, 5.41) is 9.85. The standard InChI is InChI=1S/C14H18ClNO2/c15-11-8-10(9-17)4-5-12(11)16-6-7-18-14-3-1-2-13(14)16/h4-5,8,13-14,17H,1-3,6-7,9H2. The Labute approximate surface area is 112 Å². The number of anilines is 1. The Kier molecular flexibility index (Phi) is 3.46. The molecule has 0 amide bonds. The SMILES string of the molecule is OCc1ccc(N2CCOC3CCCC32)c(Cl)c1. The fourth-order valence-electron chi connectivity index (χ4n) is 3.11. The van der Waals surface area contributed by atoms with Crippen molar-refractivity contribution in [1.29, 1.82) is 0 Å². The van der Waals surface area contributed by atoms with E-state index in [2.05, 4.69) is 4.90 Å². The molecule has 98 valence electrons. The molecule has 1 aromatic carbocycles. The number of hydrogen-bond donors (Lipinski definition) is 1. The first kappa shape index (κ1) is 12.3. The Bertz CT molecular complexity index is 438. The Morgan fingerprint density at radius 2 is 2.28 bits per heavy atom. The Morgan fingerprint density at radius 3 is 3.06 bits per heavy atom. The molecular formula is C14H18ClNO2. The molecule has 3 rings (SSSR count). The van der Waals surface area contributed by atoms with Crippen molar-refractivity contribution in [3.05, 3.63) is 28.8 Å². The van der Waals surface area contributed by atoms with Gasteiger partial charge in [-0.2, -0.15) is 0 Å². The minimum Gasteiger partial charge on any atom is -0.392 e. The van der Waals surface area contributed by atoms with Crippen molar-refractivity contribution in [3.63, 3.8) is 0 Å². The maximum absolute atomic E-state index is 9.12. The number of aliphatic hydroxyl groups excluding tert-OH is 1. The lowest BCUT2D eigenvalue weighted by Crippen LogP contribution is -2.48. The topological polar surface area (TPSA) is 32.7 Å². The molecule has 1 aromatic rings. The monoisotopic (exact) mass is 267 g/mol. The summed E-state index contributed by atoms with van der Waals surface area (Å²) in [6.07, 6.45) is 3.95. The molecule has 18 heavy (non-hydrogen) atoms. The first-order chi connectivity index (χ1) is 8.79. The van der Waals surface area contributed by atoms with E-state index in [-0.39, 0.29) is 6.61 Å². The lowest BCUT2D eigenvalue weighted by Gasteiger charge is -2.39. The van der Waals surface area contributed by atoms with Gasteiger partial charge in [-0.05, 0) is 37.0 Å². The maximum atomic E-state index is 9.12.